The van der Waals surface area contributed by atoms with Gasteiger partial charge in [-0.3, -0.25) is 0 Å². The van der Waals surface area contributed by atoms with Crippen LogP contribution in [0.25, 0.3) is 0 Å². The average Bonchev–Trinajstić information content (AvgIpc) is 1.62. The van der Waals surface area contributed by atoms with Gasteiger partial charge in [0.2, 0.25) is 0 Å². The van der Waals surface area contributed by atoms with E-state index in [1.807, 2.05) is 0 Å². The molecule has 0 amide bonds. The molecule has 0 aliphatic rings. The number of hydrogen-bond donors (Lipinski definition) is 0. The predicted octanol–water partition coefficient (Wildman–Crippen LogP) is 2.48. The fourth-order valence-electron chi connectivity index (χ4n) is 0.164. The van der Waals surface area contributed by atoms with E-state index in [9.17, 15) is 13.2 Å². The Morgan fingerprint density at radius 3 is 1.70 bits per heavy atom. The second-order valence-electron chi connectivity index (χ2n) is 1.73. The largest absolute Gasteiger partial charge is 2.00 e. The molecule has 1 unspecified atom stereocenters. The molecular weight excluding hydrogens is 153 g/mol. The summed E-state index contributed by atoms with van der Waals surface area (Å²) in [6.45, 7) is 4.25. The normalized spacial score (nSPS) is 12.9. The molecule has 0 spiro atoms. The first-order valence-corrected chi connectivity index (χ1v) is 2.34. The summed E-state index contributed by atoms with van der Waals surface area (Å²) in [4.78, 5) is 0. The minimum absolute atomic E-state index is 0. The van der Waals surface area contributed by atoms with E-state index in [1.54, 1.807) is 0 Å². The van der Waals surface area contributed by atoms with Crippen molar-refractivity contribution in [2.45, 2.75) is 19.5 Å². The van der Waals surface area contributed by atoms with Crippen LogP contribution in [0.5, 0.6) is 0 Å². The van der Waals surface area contributed by atoms with E-state index in [0.717, 1.165) is 6.92 Å². The van der Waals surface area contributed by atoms with Gasteiger partial charge in [-0.2, -0.15) is 19.6 Å². The van der Waals surface area contributed by atoms with Crippen molar-refractivity contribution in [3.8, 4) is 0 Å². The Hall–Kier alpha value is 0.556. The van der Waals surface area contributed by atoms with Gasteiger partial charge in [0.15, 0.2) is 0 Å². The smallest absolute Gasteiger partial charge is 0.358 e. The Balaban J connectivity index is -0.000000245. The minimum atomic E-state index is -4.05. The van der Waals surface area contributed by atoms with E-state index < -0.39 is 12.1 Å². The van der Waals surface area contributed by atoms with Gasteiger partial charge in [-0.1, -0.05) is 6.92 Å². The summed E-state index contributed by atoms with van der Waals surface area (Å²) in [5.74, 6) is -1.26. The zero-order chi connectivity index (χ0) is 6.78. The first-order chi connectivity index (χ1) is 3.48. The molecule has 0 rings (SSSR count). The standard InChI is InChI=1S/C5H8F3.CH3.Mg/c1-3-4(2)5(6,7)8;;/h4H,1,3H2,2H3;1H3;/q2*-1;+2. The molecule has 0 saturated heterocycles. The van der Waals surface area contributed by atoms with E-state index in [-0.39, 0.29) is 36.9 Å². The molecule has 0 fully saturated rings. The molecule has 0 heterocycles. The third kappa shape index (κ3) is 6.67. The maximum absolute atomic E-state index is 11.4. The van der Waals surface area contributed by atoms with E-state index in [1.165, 1.54) is 0 Å². The van der Waals surface area contributed by atoms with E-state index >= 15 is 0 Å². The number of alkyl halides is 3. The van der Waals surface area contributed by atoms with Gasteiger partial charge in [-0.05, 0) is 0 Å². The van der Waals surface area contributed by atoms with E-state index in [4.69, 9.17) is 0 Å². The summed E-state index contributed by atoms with van der Waals surface area (Å²) in [5, 5.41) is 0. The van der Waals surface area contributed by atoms with E-state index in [0.29, 0.717) is 0 Å². The molecule has 0 aromatic carbocycles. The van der Waals surface area contributed by atoms with Crippen LogP contribution in [0.1, 0.15) is 13.3 Å². The summed E-state index contributed by atoms with van der Waals surface area (Å²) in [6.07, 6.45) is -4.13. The third-order valence-corrected chi connectivity index (χ3v) is 0.992. The van der Waals surface area contributed by atoms with Crippen LogP contribution >= 0.6 is 0 Å². The van der Waals surface area contributed by atoms with E-state index in [2.05, 4.69) is 6.92 Å². The molecule has 0 N–H and O–H groups in total. The Kier molecular flexibility index (Phi) is 10.6. The molecule has 1 atom stereocenters. The van der Waals surface area contributed by atoms with Gasteiger partial charge in [0, 0.05) is 5.92 Å². The maximum atomic E-state index is 11.4. The van der Waals surface area contributed by atoms with Crippen molar-refractivity contribution in [2.75, 3.05) is 0 Å². The van der Waals surface area contributed by atoms with Gasteiger partial charge in [-0.15, -0.1) is 0 Å². The number of rotatable bonds is 1. The summed E-state index contributed by atoms with van der Waals surface area (Å²) >= 11 is 0. The molecule has 58 valence electrons. The summed E-state index contributed by atoms with van der Waals surface area (Å²) in [5.41, 5.74) is 0. The predicted molar refractivity (Wildman–Crippen MR) is 37.4 cm³/mol. The number of halogens is 3. The third-order valence-electron chi connectivity index (χ3n) is 0.992. The first kappa shape index (κ1) is 16.9. The molecular formula is C6H11F3Mg. The van der Waals surface area contributed by atoms with Crippen LogP contribution < -0.4 is 0 Å². The Morgan fingerprint density at radius 1 is 1.40 bits per heavy atom. The topological polar surface area (TPSA) is 0 Å². The van der Waals surface area contributed by atoms with Crippen LogP contribution in [-0.2, 0) is 0 Å². The van der Waals surface area contributed by atoms with Crippen molar-refractivity contribution in [3.05, 3.63) is 14.4 Å². The van der Waals surface area contributed by atoms with Gasteiger partial charge < -0.3 is 14.4 Å². The average molecular weight is 164 g/mol. The van der Waals surface area contributed by atoms with Crippen LogP contribution in [0.2, 0.25) is 0 Å². The fraction of sp³-hybridized carbons (Fsp3) is 0.667. The Labute approximate surface area is 76.3 Å². The van der Waals surface area contributed by atoms with Gasteiger partial charge in [0.05, 0.1) is 0 Å². The molecule has 0 radical (unpaired) electrons. The fourth-order valence-corrected chi connectivity index (χ4v) is 0.164. The molecule has 0 bridgehead atoms. The van der Waals surface area contributed by atoms with Gasteiger partial charge in [-0.25, -0.2) is 0 Å². The SMILES string of the molecule is [CH2-]CC(C)C(F)(F)F.[CH3-].[Mg+2]. The van der Waals surface area contributed by atoms with Gasteiger partial charge in [0.25, 0.3) is 0 Å². The van der Waals surface area contributed by atoms with Crippen LogP contribution in [0, 0.1) is 20.3 Å². The monoisotopic (exact) mass is 164 g/mol. The van der Waals surface area contributed by atoms with Gasteiger partial charge >= 0.3 is 29.2 Å². The van der Waals surface area contributed by atoms with Gasteiger partial charge in [0.1, 0.15) is 0 Å². The minimum Gasteiger partial charge on any atom is -0.358 e. The van der Waals surface area contributed by atoms with Crippen molar-refractivity contribution in [1.29, 1.82) is 0 Å². The molecule has 0 aliphatic carbocycles. The molecule has 0 aliphatic heterocycles. The number of hydrogen-bond acceptors (Lipinski definition) is 0. The summed E-state index contributed by atoms with van der Waals surface area (Å²) < 4.78 is 34.2. The summed E-state index contributed by atoms with van der Waals surface area (Å²) in [6, 6.07) is 0. The van der Waals surface area contributed by atoms with Crippen LogP contribution in [0.4, 0.5) is 13.2 Å². The second-order valence-corrected chi connectivity index (χ2v) is 1.73. The maximum Gasteiger partial charge on any atom is 2.00 e. The quantitative estimate of drug-likeness (QED) is 0.413. The van der Waals surface area contributed by atoms with Crippen LogP contribution in [-0.4, -0.2) is 29.2 Å². The molecule has 10 heavy (non-hydrogen) atoms. The summed E-state index contributed by atoms with van der Waals surface area (Å²) in [7, 11) is 0. The van der Waals surface area contributed by atoms with Crippen molar-refractivity contribution in [1.82, 2.24) is 0 Å². The Bertz CT molecular complexity index is 69.9. The zero-order valence-electron chi connectivity index (χ0n) is 6.33. The molecule has 0 aromatic heterocycles. The van der Waals surface area contributed by atoms with Crippen LogP contribution in [0.15, 0.2) is 0 Å². The first-order valence-electron chi connectivity index (χ1n) is 2.34. The Morgan fingerprint density at radius 2 is 1.70 bits per heavy atom. The second kappa shape index (κ2) is 6.28. The molecule has 0 aromatic rings. The zero-order valence-corrected chi connectivity index (χ0v) is 7.75. The van der Waals surface area contributed by atoms with Crippen molar-refractivity contribution >= 4 is 23.1 Å². The van der Waals surface area contributed by atoms with Crippen molar-refractivity contribution in [3.63, 3.8) is 0 Å². The van der Waals surface area contributed by atoms with Crippen molar-refractivity contribution in [2.24, 2.45) is 5.92 Å². The van der Waals surface area contributed by atoms with Crippen LogP contribution in [0.3, 0.4) is 0 Å². The molecule has 0 saturated carbocycles. The molecule has 4 heteroatoms. The molecule has 0 nitrogen and oxygen atoms in total. The van der Waals surface area contributed by atoms with Crippen molar-refractivity contribution < 1.29 is 13.2 Å².